The fourth-order valence-corrected chi connectivity index (χ4v) is 11.8. The van der Waals surface area contributed by atoms with Crippen molar-refractivity contribution in [3.8, 4) is 56.4 Å². The van der Waals surface area contributed by atoms with Gasteiger partial charge in [0.2, 0.25) is 0 Å². The highest BCUT2D eigenvalue weighted by Gasteiger charge is 2.41. The molecule has 12 aromatic carbocycles. The molecule has 0 fully saturated rings. The molecule has 0 spiro atoms. The van der Waals surface area contributed by atoms with Crippen molar-refractivity contribution in [1.29, 1.82) is 0 Å². The van der Waals surface area contributed by atoms with Crippen molar-refractivity contribution in [3.63, 3.8) is 0 Å². The predicted octanol–water partition coefficient (Wildman–Crippen LogP) is 18.0. The summed E-state index contributed by atoms with van der Waals surface area (Å²) in [6.45, 7) is 6.77. The molecule has 5 heteroatoms. The Bertz CT molecular complexity index is 3900. The fourth-order valence-electron chi connectivity index (χ4n) is 11.8. The van der Waals surface area contributed by atoms with Crippen LogP contribution in [-0.4, -0.2) is 6.71 Å². The van der Waals surface area contributed by atoms with Gasteiger partial charge in [-0.05, 0) is 156 Å². The molecule has 0 radical (unpaired) electrons. The van der Waals surface area contributed by atoms with Crippen LogP contribution in [0.25, 0.3) is 54.9 Å². The number of anilines is 6. The SMILES string of the molecule is CC(C)(C)c1cc(-c2cc3c4c(c2)Oc2cc(N(c5ccccc5)c5ccccc5)ccc2B4c2ccc(N(c4ccccc4)c4ccccc4)cc2O3)cc(-c2c3ccccc3c(-c3ccccc3)c3ccccc23)c1. The maximum Gasteiger partial charge on any atom is 0.260 e. The molecular weight excluding hydrogens is 936 g/mol. The van der Waals surface area contributed by atoms with E-state index in [0.29, 0.717) is 0 Å². The largest absolute Gasteiger partial charge is 0.458 e. The third-order valence-electron chi connectivity index (χ3n) is 15.4. The number of rotatable bonds is 9. The number of para-hydroxylation sites is 4. The quantitative estimate of drug-likeness (QED) is 0.106. The standard InChI is InChI=1S/C72H53BN2O2/c1-72(2,3)52-42-49(41-51(43-52)70-61-35-21-19-33-59(61)69(48-23-9-4-10-24-48)60-34-20-22-36-62(60)70)50-44-67-71-68(45-50)77-66-47-58(75(55-29-15-7-16-30-55)56-31-17-8-18-32-56)38-40-64(66)73(71)63-39-37-57(46-65(63)76-67)74(53-25-11-5-12-26-53)54-27-13-6-14-28-54/h4-47H,1-3H3. The normalized spacial score (nSPS) is 12.3. The van der Waals surface area contributed by atoms with Crippen molar-refractivity contribution in [1.82, 2.24) is 0 Å². The Morgan fingerprint density at radius 3 is 1.05 bits per heavy atom. The summed E-state index contributed by atoms with van der Waals surface area (Å²) >= 11 is 0. The summed E-state index contributed by atoms with van der Waals surface area (Å²) in [6, 6.07) is 96.0. The highest BCUT2D eigenvalue weighted by Crippen LogP contribution is 2.48. The maximum atomic E-state index is 7.31. The molecule has 2 aliphatic heterocycles. The average molecular weight is 989 g/mol. The van der Waals surface area contributed by atoms with Crippen molar-refractivity contribution in [2.24, 2.45) is 0 Å². The van der Waals surface area contributed by atoms with E-state index >= 15 is 0 Å². The van der Waals surface area contributed by atoms with Gasteiger partial charge < -0.3 is 19.3 Å². The molecule has 4 nitrogen and oxygen atoms in total. The van der Waals surface area contributed by atoms with Crippen LogP contribution >= 0.6 is 0 Å². The molecule has 77 heavy (non-hydrogen) atoms. The monoisotopic (exact) mass is 988 g/mol. The van der Waals surface area contributed by atoms with Crippen LogP contribution in [0.2, 0.25) is 0 Å². The van der Waals surface area contributed by atoms with Crippen LogP contribution in [0.15, 0.2) is 267 Å². The van der Waals surface area contributed by atoms with E-state index in [1.165, 1.54) is 49.4 Å². The van der Waals surface area contributed by atoms with Crippen LogP contribution in [0.3, 0.4) is 0 Å². The van der Waals surface area contributed by atoms with Crippen LogP contribution in [-0.2, 0) is 5.41 Å². The molecule has 0 unspecified atom stereocenters. The molecular formula is C72H53BN2O2. The molecule has 0 saturated carbocycles. The number of ether oxygens (including phenoxy) is 2. The summed E-state index contributed by atoms with van der Waals surface area (Å²) < 4.78 is 14.6. The summed E-state index contributed by atoms with van der Waals surface area (Å²) in [4.78, 5) is 4.60. The van der Waals surface area contributed by atoms with E-state index in [1.807, 2.05) is 0 Å². The lowest BCUT2D eigenvalue weighted by Gasteiger charge is -2.35. The van der Waals surface area contributed by atoms with Gasteiger partial charge in [-0.25, -0.2) is 0 Å². The van der Waals surface area contributed by atoms with E-state index < -0.39 is 0 Å². The van der Waals surface area contributed by atoms with E-state index in [1.54, 1.807) is 0 Å². The van der Waals surface area contributed by atoms with E-state index in [9.17, 15) is 0 Å². The van der Waals surface area contributed by atoms with Crippen molar-refractivity contribution in [2.75, 3.05) is 9.80 Å². The Balaban J connectivity index is 0.979. The zero-order valence-electron chi connectivity index (χ0n) is 43.2. The van der Waals surface area contributed by atoms with Gasteiger partial charge in [0, 0.05) is 51.7 Å². The molecule has 0 atom stereocenters. The Labute approximate surface area is 450 Å². The third kappa shape index (κ3) is 8.11. The average Bonchev–Trinajstić information content (AvgIpc) is 3.53. The number of hydrogen-bond acceptors (Lipinski definition) is 4. The van der Waals surface area contributed by atoms with Crippen LogP contribution in [0.5, 0.6) is 23.0 Å². The molecule has 12 aromatic rings. The van der Waals surface area contributed by atoms with E-state index in [0.717, 1.165) is 84.6 Å². The minimum absolute atomic E-state index is 0.161. The van der Waals surface area contributed by atoms with E-state index in [2.05, 4.69) is 297 Å². The van der Waals surface area contributed by atoms with Gasteiger partial charge in [0.1, 0.15) is 23.0 Å². The molecule has 0 N–H and O–H groups in total. The lowest BCUT2D eigenvalue weighted by molar-refractivity contribution is 0.465. The molecule has 0 aliphatic carbocycles. The fraction of sp³-hybridized carbons (Fsp3) is 0.0556. The minimum atomic E-state index is -0.168. The van der Waals surface area contributed by atoms with E-state index in [4.69, 9.17) is 9.47 Å². The summed E-state index contributed by atoms with van der Waals surface area (Å²) in [7, 11) is 0. The molecule has 0 amide bonds. The Morgan fingerprint density at radius 2 is 0.649 bits per heavy atom. The van der Waals surface area contributed by atoms with Gasteiger partial charge in [-0.3, -0.25) is 0 Å². The van der Waals surface area contributed by atoms with Gasteiger partial charge in [-0.1, -0.05) is 197 Å². The third-order valence-corrected chi connectivity index (χ3v) is 15.4. The number of nitrogens with zero attached hydrogens (tertiary/aromatic N) is 2. The highest BCUT2D eigenvalue weighted by atomic mass is 16.5. The topological polar surface area (TPSA) is 24.9 Å². The van der Waals surface area contributed by atoms with Crippen LogP contribution in [0.1, 0.15) is 26.3 Å². The second kappa shape index (κ2) is 18.7. The van der Waals surface area contributed by atoms with Gasteiger partial charge >= 0.3 is 0 Å². The highest BCUT2D eigenvalue weighted by molar-refractivity contribution is 6.98. The summed E-state index contributed by atoms with van der Waals surface area (Å²) in [5.41, 5.74) is 17.5. The van der Waals surface area contributed by atoms with Crippen LogP contribution in [0.4, 0.5) is 34.1 Å². The summed E-state index contributed by atoms with van der Waals surface area (Å²) in [5, 5.41) is 4.90. The maximum absolute atomic E-state index is 7.31. The Kier molecular flexibility index (Phi) is 11.1. The number of benzene rings is 12. The van der Waals surface area contributed by atoms with Crippen molar-refractivity contribution >= 4 is 78.8 Å². The smallest absolute Gasteiger partial charge is 0.260 e. The lowest BCUT2D eigenvalue weighted by Crippen LogP contribution is -2.57. The Hall–Kier alpha value is -9.58. The van der Waals surface area contributed by atoms with Gasteiger partial charge in [0.15, 0.2) is 0 Å². The zero-order chi connectivity index (χ0) is 51.6. The van der Waals surface area contributed by atoms with Crippen LogP contribution in [0, 0.1) is 0 Å². The van der Waals surface area contributed by atoms with Crippen molar-refractivity contribution in [3.05, 3.63) is 272 Å². The molecule has 0 aromatic heterocycles. The first-order chi connectivity index (χ1) is 37.8. The first-order valence-corrected chi connectivity index (χ1v) is 26.6. The summed E-state index contributed by atoms with van der Waals surface area (Å²) in [6.07, 6.45) is 0. The van der Waals surface area contributed by atoms with Gasteiger partial charge in [-0.15, -0.1) is 0 Å². The predicted molar refractivity (Wildman–Crippen MR) is 324 cm³/mol. The molecule has 14 rings (SSSR count). The van der Waals surface area contributed by atoms with Gasteiger partial charge in [0.05, 0.1) is 0 Å². The van der Waals surface area contributed by atoms with Gasteiger partial charge in [0.25, 0.3) is 6.71 Å². The van der Waals surface area contributed by atoms with Crippen molar-refractivity contribution in [2.45, 2.75) is 26.2 Å². The minimum Gasteiger partial charge on any atom is -0.458 e. The second-order valence-electron chi connectivity index (χ2n) is 21.2. The second-order valence-corrected chi connectivity index (χ2v) is 21.2. The van der Waals surface area contributed by atoms with Crippen molar-refractivity contribution < 1.29 is 9.47 Å². The summed E-state index contributed by atoms with van der Waals surface area (Å²) in [5.74, 6) is 3.20. The van der Waals surface area contributed by atoms with Crippen LogP contribution < -0.4 is 35.7 Å². The molecule has 0 saturated heterocycles. The molecule has 0 bridgehead atoms. The Morgan fingerprint density at radius 1 is 0.299 bits per heavy atom. The van der Waals surface area contributed by atoms with Gasteiger partial charge in [-0.2, -0.15) is 0 Å². The molecule has 2 heterocycles. The molecule has 2 aliphatic rings. The number of hydrogen-bond donors (Lipinski definition) is 0. The zero-order valence-corrected chi connectivity index (χ0v) is 43.2. The number of fused-ring (bicyclic) bond motifs is 6. The lowest BCUT2D eigenvalue weighted by atomic mass is 9.35. The van der Waals surface area contributed by atoms with E-state index in [-0.39, 0.29) is 12.1 Å². The first kappa shape index (κ1) is 46.0. The molecule has 366 valence electrons. The first-order valence-electron chi connectivity index (χ1n) is 26.6.